The third-order valence-electron chi connectivity index (χ3n) is 5.04. The summed E-state index contributed by atoms with van der Waals surface area (Å²) in [5.41, 5.74) is 7.64. The lowest BCUT2D eigenvalue weighted by molar-refractivity contribution is -0.138. The zero-order chi connectivity index (χ0) is 17.7. The number of nitrogens with zero attached hydrogens (tertiary/aromatic N) is 2. The highest BCUT2D eigenvalue weighted by Gasteiger charge is 2.35. The summed E-state index contributed by atoms with van der Waals surface area (Å²) in [6, 6.07) is 20.2. The van der Waals surface area contributed by atoms with E-state index in [0.717, 1.165) is 44.7 Å². The molecule has 1 heterocycles. The van der Waals surface area contributed by atoms with Gasteiger partial charge in [-0.15, -0.1) is 24.8 Å². The Morgan fingerprint density at radius 3 is 2.00 bits per heavy atom. The van der Waals surface area contributed by atoms with Crippen LogP contribution >= 0.6 is 24.8 Å². The average Bonchev–Trinajstić information content (AvgIpc) is 2.68. The normalized spacial score (nSPS) is 16.6. The molecule has 0 bridgehead atoms. The highest BCUT2D eigenvalue weighted by atomic mass is 35.5. The maximum atomic E-state index is 12.9. The monoisotopic (exact) mass is 409 g/mol. The Kier molecular flexibility index (Phi) is 9.27. The van der Waals surface area contributed by atoms with E-state index in [0.29, 0.717) is 0 Å². The second-order valence-electron chi connectivity index (χ2n) is 6.94. The smallest absolute Gasteiger partial charge is 0.247 e. The van der Waals surface area contributed by atoms with Crippen LogP contribution in [0.1, 0.15) is 18.1 Å². The summed E-state index contributed by atoms with van der Waals surface area (Å²) in [7, 11) is 0. The molecule has 0 spiro atoms. The lowest BCUT2D eigenvalue weighted by Gasteiger charge is -2.38. The van der Waals surface area contributed by atoms with Gasteiger partial charge < -0.3 is 10.6 Å². The fourth-order valence-electron chi connectivity index (χ4n) is 3.34. The molecule has 0 aromatic heterocycles. The first-order valence-electron chi connectivity index (χ1n) is 8.97. The first-order valence-corrected chi connectivity index (χ1v) is 8.97. The number of carbonyl (C=O) groups is 1. The van der Waals surface area contributed by atoms with Crippen LogP contribution in [0.15, 0.2) is 60.7 Å². The SMILES string of the molecule is CC(N)(C(=O)N1CCN(CCc2ccccc2)CC1)c1ccccc1.Cl.Cl. The predicted molar refractivity (Wildman–Crippen MR) is 116 cm³/mol. The largest absolute Gasteiger partial charge is 0.338 e. The van der Waals surface area contributed by atoms with Gasteiger partial charge in [-0.3, -0.25) is 9.69 Å². The minimum Gasteiger partial charge on any atom is -0.338 e. The Balaban J connectivity index is 0.00000182. The summed E-state index contributed by atoms with van der Waals surface area (Å²) in [6.45, 7) is 6.14. The summed E-state index contributed by atoms with van der Waals surface area (Å²) in [5, 5.41) is 0. The number of halogens is 2. The van der Waals surface area contributed by atoms with Crippen molar-refractivity contribution in [3.05, 3.63) is 71.8 Å². The molecule has 27 heavy (non-hydrogen) atoms. The van der Waals surface area contributed by atoms with E-state index >= 15 is 0 Å². The molecule has 0 aliphatic carbocycles. The van der Waals surface area contributed by atoms with Gasteiger partial charge in [0.25, 0.3) is 0 Å². The number of amides is 1. The van der Waals surface area contributed by atoms with E-state index in [4.69, 9.17) is 5.73 Å². The van der Waals surface area contributed by atoms with Crippen LogP contribution in [0.3, 0.4) is 0 Å². The van der Waals surface area contributed by atoms with Crippen molar-refractivity contribution >= 4 is 30.7 Å². The van der Waals surface area contributed by atoms with Crippen LogP contribution in [0.25, 0.3) is 0 Å². The number of benzene rings is 2. The minimum absolute atomic E-state index is 0. The summed E-state index contributed by atoms with van der Waals surface area (Å²) in [6.07, 6.45) is 1.05. The highest BCUT2D eigenvalue weighted by Crippen LogP contribution is 2.21. The van der Waals surface area contributed by atoms with Crippen molar-refractivity contribution < 1.29 is 4.79 Å². The number of hydrogen-bond donors (Lipinski definition) is 1. The van der Waals surface area contributed by atoms with E-state index in [-0.39, 0.29) is 30.7 Å². The summed E-state index contributed by atoms with van der Waals surface area (Å²) in [5.74, 6) is 0.0152. The van der Waals surface area contributed by atoms with Gasteiger partial charge in [0.05, 0.1) is 0 Å². The van der Waals surface area contributed by atoms with Gasteiger partial charge in [0, 0.05) is 32.7 Å². The van der Waals surface area contributed by atoms with E-state index in [9.17, 15) is 4.79 Å². The van der Waals surface area contributed by atoms with Crippen molar-refractivity contribution in [3.63, 3.8) is 0 Å². The quantitative estimate of drug-likeness (QED) is 0.824. The topological polar surface area (TPSA) is 49.6 Å². The van der Waals surface area contributed by atoms with Crippen molar-refractivity contribution in [1.82, 2.24) is 9.80 Å². The molecule has 148 valence electrons. The molecule has 1 fully saturated rings. The van der Waals surface area contributed by atoms with Gasteiger partial charge >= 0.3 is 0 Å². The molecule has 6 heteroatoms. The van der Waals surface area contributed by atoms with E-state index < -0.39 is 5.54 Å². The van der Waals surface area contributed by atoms with E-state index in [2.05, 4.69) is 29.2 Å². The van der Waals surface area contributed by atoms with Crippen LogP contribution in [-0.4, -0.2) is 48.4 Å². The highest BCUT2D eigenvalue weighted by molar-refractivity contribution is 5.87. The first kappa shape index (κ1) is 23.4. The Morgan fingerprint density at radius 2 is 1.44 bits per heavy atom. The standard InChI is InChI=1S/C21H27N3O.2ClH/c1-21(22,19-10-6-3-7-11-19)20(25)24-16-14-23(15-17-24)13-12-18-8-4-2-5-9-18;;/h2-11H,12-17,22H2,1H3;2*1H. The van der Waals surface area contributed by atoms with Crippen LogP contribution < -0.4 is 5.73 Å². The molecule has 2 aromatic rings. The van der Waals surface area contributed by atoms with Gasteiger partial charge in [-0.2, -0.15) is 0 Å². The van der Waals surface area contributed by atoms with Crippen LogP contribution in [0, 0.1) is 0 Å². The van der Waals surface area contributed by atoms with Gasteiger partial charge in [-0.05, 0) is 24.5 Å². The van der Waals surface area contributed by atoms with Crippen molar-refractivity contribution in [3.8, 4) is 0 Å². The summed E-state index contributed by atoms with van der Waals surface area (Å²) >= 11 is 0. The lowest BCUT2D eigenvalue weighted by atomic mass is 9.91. The third-order valence-corrected chi connectivity index (χ3v) is 5.04. The number of hydrogen-bond acceptors (Lipinski definition) is 3. The summed E-state index contributed by atoms with van der Waals surface area (Å²) in [4.78, 5) is 17.2. The Morgan fingerprint density at radius 1 is 0.926 bits per heavy atom. The molecule has 1 saturated heterocycles. The Labute approximate surface area is 174 Å². The molecule has 1 aliphatic heterocycles. The maximum Gasteiger partial charge on any atom is 0.247 e. The third kappa shape index (κ3) is 5.94. The molecule has 1 aliphatic rings. The fraction of sp³-hybridized carbons (Fsp3) is 0.381. The van der Waals surface area contributed by atoms with E-state index in [1.807, 2.05) is 48.2 Å². The molecular weight excluding hydrogens is 381 g/mol. The molecule has 1 unspecified atom stereocenters. The maximum absolute atomic E-state index is 12.9. The van der Waals surface area contributed by atoms with Crippen LogP contribution in [0.2, 0.25) is 0 Å². The Bertz CT molecular complexity index is 687. The number of nitrogens with two attached hydrogens (primary N) is 1. The van der Waals surface area contributed by atoms with Gasteiger partial charge in [-0.25, -0.2) is 0 Å². The average molecular weight is 410 g/mol. The molecule has 2 aromatic carbocycles. The molecule has 0 radical (unpaired) electrons. The zero-order valence-electron chi connectivity index (χ0n) is 15.7. The van der Waals surface area contributed by atoms with Crippen LogP contribution in [0.5, 0.6) is 0 Å². The molecule has 1 atom stereocenters. The fourth-order valence-corrected chi connectivity index (χ4v) is 3.34. The second kappa shape index (κ2) is 10.7. The van der Waals surface area contributed by atoms with Crippen molar-refractivity contribution in [2.45, 2.75) is 18.9 Å². The van der Waals surface area contributed by atoms with Crippen molar-refractivity contribution in [2.24, 2.45) is 5.73 Å². The second-order valence-corrected chi connectivity index (χ2v) is 6.94. The zero-order valence-corrected chi connectivity index (χ0v) is 17.3. The number of piperazine rings is 1. The molecule has 2 N–H and O–H groups in total. The Hall–Kier alpha value is -1.59. The lowest BCUT2D eigenvalue weighted by Crippen LogP contribution is -2.56. The van der Waals surface area contributed by atoms with Gasteiger partial charge in [0.2, 0.25) is 5.91 Å². The van der Waals surface area contributed by atoms with Crippen LogP contribution in [0.4, 0.5) is 0 Å². The number of carbonyl (C=O) groups excluding carboxylic acids is 1. The molecule has 1 amide bonds. The molecule has 3 rings (SSSR count). The van der Waals surface area contributed by atoms with Gasteiger partial charge in [0.1, 0.15) is 5.54 Å². The molecule has 4 nitrogen and oxygen atoms in total. The van der Waals surface area contributed by atoms with Crippen molar-refractivity contribution in [1.29, 1.82) is 0 Å². The number of rotatable bonds is 5. The van der Waals surface area contributed by atoms with Gasteiger partial charge in [-0.1, -0.05) is 60.7 Å². The van der Waals surface area contributed by atoms with E-state index in [1.54, 1.807) is 0 Å². The first-order chi connectivity index (χ1) is 12.1. The molecule has 0 saturated carbocycles. The predicted octanol–water partition coefficient (Wildman–Crippen LogP) is 3.09. The minimum atomic E-state index is -0.965. The van der Waals surface area contributed by atoms with Crippen LogP contribution in [-0.2, 0) is 16.8 Å². The van der Waals surface area contributed by atoms with Crippen molar-refractivity contribution in [2.75, 3.05) is 32.7 Å². The summed E-state index contributed by atoms with van der Waals surface area (Å²) < 4.78 is 0. The van der Waals surface area contributed by atoms with E-state index in [1.165, 1.54) is 5.56 Å². The molecular formula is C21H29Cl2N3O. The van der Waals surface area contributed by atoms with Gasteiger partial charge in [0.15, 0.2) is 0 Å².